The number of carbonyl (C=O) groups excluding carboxylic acids is 2. The Morgan fingerprint density at radius 3 is 2.52 bits per heavy atom. The molecule has 2 aromatic rings. The van der Waals surface area contributed by atoms with Gasteiger partial charge in [-0.25, -0.2) is 0 Å². The quantitative estimate of drug-likeness (QED) is 0.622. The number of phenols is 1. The van der Waals surface area contributed by atoms with Crippen LogP contribution >= 0.6 is 0 Å². The standard InChI is InChI=1S/C25H31NO5/c1-16(2)25(29)31-21-10-8-18(9-11-21)19-5-4-6-20(15-19)26-24(28)14-17-7-12-22(27)23(13-17)30-3/h4-7,12-13,15-16,18,21,27H,8-11,14H2,1-3H3,(H,26,28). The molecule has 1 fully saturated rings. The number of hydrogen-bond donors (Lipinski definition) is 2. The van der Waals surface area contributed by atoms with Crippen LogP contribution in [0, 0.1) is 5.92 Å². The van der Waals surface area contributed by atoms with Gasteiger partial charge in [0.25, 0.3) is 0 Å². The maximum Gasteiger partial charge on any atom is 0.308 e. The van der Waals surface area contributed by atoms with E-state index in [1.807, 2.05) is 32.0 Å². The summed E-state index contributed by atoms with van der Waals surface area (Å²) in [5.74, 6) is 0.441. The number of ether oxygens (including phenoxy) is 2. The van der Waals surface area contributed by atoms with E-state index >= 15 is 0 Å². The maximum absolute atomic E-state index is 12.5. The number of hydrogen-bond acceptors (Lipinski definition) is 5. The summed E-state index contributed by atoms with van der Waals surface area (Å²) >= 11 is 0. The molecular weight excluding hydrogens is 394 g/mol. The van der Waals surface area contributed by atoms with E-state index in [0.717, 1.165) is 36.9 Å². The molecule has 0 unspecified atom stereocenters. The molecule has 0 bridgehead atoms. The van der Waals surface area contributed by atoms with Gasteiger partial charge >= 0.3 is 5.97 Å². The van der Waals surface area contributed by atoms with Crippen molar-refractivity contribution < 1.29 is 24.2 Å². The lowest BCUT2D eigenvalue weighted by Gasteiger charge is -2.29. The lowest BCUT2D eigenvalue weighted by Crippen LogP contribution is -2.26. The van der Waals surface area contributed by atoms with Crippen LogP contribution in [0.3, 0.4) is 0 Å². The van der Waals surface area contributed by atoms with Crippen LogP contribution in [0.5, 0.6) is 11.5 Å². The van der Waals surface area contributed by atoms with Gasteiger partial charge in [-0.15, -0.1) is 0 Å². The monoisotopic (exact) mass is 425 g/mol. The van der Waals surface area contributed by atoms with Gasteiger partial charge in [0.2, 0.25) is 5.91 Å². The SMILES string of the molecule is COc1cc(CC(=O)Nc2cccc(C3CCC(OC(=O)C(C)C)CC3)c2)ccc1O. The third-order valence-corrected chi connectivity index (χ3v) is 5.68. The molecule has 0 radical (unpaired) electrons. The van der Waals surface area contributed by atoms with E-state index < -0.39 is 0 Å². The van der Waals surface area contributed by atoms with E-state index in [-0.39, 0.29) is 36.1 Å². The molecule has 0 aromatic heterocycles. The number of amides is 1. The first-order valence-electron chi connectivity index (χ1n) is 10.8. The average molecular weight is 426 g/mol. The highest BCUT2D eigenvalue weighted by Gasteiger charge is 2.25. The first kappa shape index (κ1) is 22.7. The first-order chi connectivity index (χ1) is 14.9. The summed E-state index contributed by atoms with van der Waals surface area (Å²) in [6, 6.07) is 12.9. The second kappa shape index (κ2) is 10.3. The van der Waals surface area contributed by atoms with Crippen molar-refractivity contribution in [3.63, 3.8) is 0 Å². The molecule has 6 nitrogen and oxygen atoms in total. The molecule has 2 N–H and O–H groups in total. The van der Waals surface area contributed by atoms with Crippen molar-refractivity contribution in [1.82, 2.24) is 0 Å². The van der Waals surface area contributed by atoms with E-state index in [0.29, 0.717) is 11.7 Å². The Balaban J connectivity index is 1.56. The zero-order valence-corrected chi connectivity index (χ0v) is 18.4. The van der Waals surface area contributed by atoms with Gasteiger partial charge in [0.05, 0.1) is 19.4 Å². The number of carbonyl (C=O) groups is 2. The Morgan fingerprint density at radius 1 is 1.10 bits per heavy atom. The second-order valence-corrected chi connectivity index (χ2v) is 8.42. The van der Waals surface area contributed by atoms with Gasteiger partial charge in [-0.05, 0) is 67.0 Å². The van der Waals surface area contributed by atoms with Gasteiger partial charge in [-0.1, -0.05) is 32.0 Å². The molecule has 1 saturated carbocycles. The Hall–Kier alpha value is -3.02. The number of phenolic OH excluding ortho intramolecular Hbond substituents is 1. The Kier molecular flexibility index (Phi) is 7.55. The van der Waals surface area contributed by atoms with Gasteiger partial charge in [-0.3, -0.25) is 9.59 Å². The van der Waals surface area contributed by atoms with Crippen LogP contribution in [0.25, 0.3) is 0 Å². The van der Waals surface area contributed by atoms with E-state index in [9.17, 15) is 14.7 Å². The molecule has 6 heteroatoms. The maximum atomic E-state index is 12.5. The van der Waals surface area contributed by atoms with Gasteiger partial charge < -0.3 is 19.9 Å². The van der Waals surface area contributed by atoms with E-state index in [1.54, 1.807) is 12.1 Å². The Morgan fingerprint density at radius 2 is 1.84 bits per heavy atom. The van der Waals surface area contributed by atoms with Gasteiger partial charge in [0.15, 0.2) is 11.5 Å². The highest BCUT2D eigenvalue weighted by molar-refractivity contribution is 5.92. The zero-order valence-electron chi connectivity index (χ0n) is 18.4. The minimum Gasteiger partial charge on any atom is -0.504 e. The topological polar surface area (TPSA) is 84.9 Å². The number of benzene rings is 2. The predicted octanol–water partition coefficient (Wildman–Crippen LogP) is 4.81. The normalized spacial score (nSPS) is 18.5. The molecule has 31 heavy (non-hydrogen) atoms. The molecule has 3 rings (SSSR count). The van der Waals surface area contributed by atoms with E-state index in [1.165, 1.54) is 18.7 Å². The molecule has 0 heterocycles. The second-order valence-electron chi connectivity index (χ2n) is 8.42. The molecular formula is C25H31NO5. The van der Waals surface area contributed by atoms with Crippen LogP contribution in [-0.2, 0) is 20.7 Å². The summed E-state index contributed by atoms with van der Waals surface area (Å²) in [7, 11) is 1.48. The number of aromatic hydroxyl groups is 1. The van der Waals surface area contributed by atoms with Crippen molar-refractivity contribution in [2.75, 3.05) is 12.4 Å². The minimum atomic E-state index is -0.130. The molecule has 0 atom stereocenters. The fourth-order valence-electron chi connectivity index (χ4n) is 3.91. The van der Waals surface area contributed by atoms with Gasteiger partial charge in [-0.2, -0.15) is 0 Å². The molecule has 1 amide bonds. The lowest BCUT2D eigenvalue weighted by molar-refractivity contribution is -0.154. The van der Waals surface area contributed by atoms with Crippen LogP contribution < -0.4 is 10.1 Å². The van der Waals surface area contributed by atoms with Gasteiger partial charge in [0.1, 0.15) is 6.10 Å². The van der Waals surface area contributed by atoms with Crippen molar-refractivity contribution in [3.05, 3.63) is 53.6 Å². The summed E-state index contributed by atoms with van der Waals surface area (Å²) in [4.78, 5) is 24.3. The lowest BCUT2D eigenvalue weighted by atomic mass is 9.82. The van der Waals surface area contributed by atoms with E-state index in [4.69, 9.17) is 9.47 Å². The first-order valence-corrected chi connectivity index (χ1v) is 10.8. The Labute approximate surface area is 183 Å². The molecule has 0 saturated heterocycles. The number of methoxy groups -OCH3 is 1. The van der Waals surface area contributed by atoms with Crippen molar-refractivity contribution in [3.8, 4) is 11.5 Å². The van der Waals surface area contributed by atoms with Crippen LogP contribution in [0.1, 0.15) is 56.6 Å². The minimum absolute atomic E-state index is 0.0105. The molecule has 166 valence electrons. The molecule has 1 aliphatic carbocycles. The number of esters is 1. The van der Waals surface area contributed by atoms with Crippen molar-refractivity contribution in [2.45, 2.75) is 58.0 Å². The summed E-state index contributed by atoms with van der Waals surface area (Å²) in [5, 5.41) is 12.6. The largest absolute Gasteiger partial charge is 0.504 e. The molecule has 0 aliphatic heterocycles. The fraction of sp³-hybridized carbons (Fsp3) is 0.440. The summed E-state index contributed by atoms with van der Waals surface area (Å²) in [6.45, 7) is 3.71. The van der Waals surface area contributed by atoms with Crippen LogP contribution in [0.2, 0.25) is 0 Å². The van der Waals surface area contributed by atoms with E-state index in [2.05, 4.69) is 11.4 Å². The van der Waals surface area contributed by atoms with Crippen molar-refractivity contribution in [1.29, 1.82) is 0 Å². The summed E-state index contributed by atoms with van der Waals surface area (Å²) in [6.07, 6.45) is 3.84. The van der Waals surface area contributed by atoms with Crippen LogP contribution in [0.4, 0.5) is 5.69 Å². The predicted molar refractivity (Wildman–Crippen MR) is 119 cm³/mol. The Bertz CT molecular complexity index is 916. The van der Waals surface area contributed by atoms with Crippen LogP contribution in [0.15, 0.2) is 42.5 Å². The molecule has 1 aliphatic rings. The highest BCUT2D eigenvalue weighted by atomic mass is 16.5. The fourth-order valence-corrected chi connectivity index (χ4v) is 3.91. The van der Waals surface area contributed by atoms with Crippen molar-refractivity contribution in [2.24, 2.45) is 5.92 Å². The number of rotatable bonds is 7. The smallest absolute Gasteiger partial charge is 0.308 e. The summed E-state index contributed by atoms with van der Waals surface area (Å²) in [5.41, 5.74) is 2.72. The third kappa shape index (κ3) is 6.23. The zero-order chi connectivity index (χ0) is 22.4. The van der Waals surface area contributed by atoms with Crippen molar-refractivity contribution >= 4 is 17.6 Å². The average Bonchev–Trinajstić information content (AvgIpc) is 2.75. The molecule has 0 spiro atoms. The number of anilines is 1. The van der Waals surface area contributed by atoms with Gasteiger partial charge in [0, 0.05) is 5.69 Å². The molecule has 2 aromatic carbocycles. The summed E-state index contributed by atoms with van der Waals surface area (Å²) < 4.78 is 10.7. The number of nitrogens with one attached hydrogen (secondary N) is 1. The highest BCUT2D eigenvalue weighted by Crippen LogP contribution is 2.35. The third-order valence-electron chi connectivity index (χ3n) is 5.68. The van der Waals surface area contributed by atoms with Crippen LogP contribution in [-0.4, -0.2) is 30.2 Å².